The number of rotatable bonds is 7. The van der Waals surface area contributed by atoms with Crippen LogP contribution in [0.25, 0.3) is 0 Å². The van der Waals surface area contributed by atoms with Crippen molar-refractivity contribution in [3.63, 3.8) is 0 Å². The van der Waals surface area contributed by atoms with Crippen molar-refractivity contribution in [2.45, 2.75) is 12.5 Å². The number of carbonyl (C=O) groups excluding carboxylic acids is 1. The van der Waals surface area contributed by atoms with Crippen LogP contribution in [0.2, 0.25) is 0 Å². The van der Waals surface area contributed by atoms with Crippen molar-refractivity contribution in [1.29, 1.82) is 0 Å². The quantitative estimate of drug-likeness (QED) is 0.686. The smallest absolute Gasteiger partial charge is 0.319 e. The lowest BCUT2D eigenvalue weighted by Gasteiger charge is -2.19. The summed E-state index contributed by atoms with van der Waals surface area (Å²) in [6.07, 6.45) is 5.59. The van der Waals surface area contributed by atoms with E-state index in [-0.39, 0.29) is 25.3 Å². The first kappa shape index (κ1) is 17.4. The Balaban J connectivity index is 1.99. The normalized spacial score (nSPS) is 11.2. The molecule has 2 rings (SSSR count). The number of hydrogen-bond acceptors (Lipinski definition) is 3. The fraction of sp³-hybridized carbons (Fsp3) is 0.211. The fourth-order valence-corrected chi connectivity index (χ4v) is 2.25. The van der Waals surface area contributed by atoms with Gasteiger partial charge in [-0.05, 0) is 24.1 Å². The average Bonchev–Trinajstić information content (AvgIpc) is 2.60. The first-order valence-electron chi connectivity index (χ1n) is 7.62. The summed E-state index contributed by atoms with van der Waals surface area (Å²) in [5.74, 6) is 2.97. The van der Waals surface area contributed by atoms with Crippen molar-refractivity contribution >= 4 is 11.7 Å². The molecule has 0 aliphatic heterocycles. The van der Waals surface area contributed by atoms with Gasteiger partial charge in [-0.15, -0.1) is 6.42 Å². The summed E-state index contributed by atoms with van der Waals surface area (Å²) in [4.78, 5) is 12.2. The Hall–Kier alpha value is -2.97. The zero-order valence-corrected chi connectivity index (χ0v) is 13.2. The van der Waals surface area contributed by atoms with Gasteiger partial charge < -0.3 is 20.5 Å². The number of aliphatic hydroxyl groups excluding tert-OH is 1. The number of aliphatic hydroxyl groups is 1. The topological polar surface area (TPSA) is 70.6 Å². The molecule has 0 bridgehead atoms. The Morgan fingerprint density at radius 1 is 1.21 bits per heavy atom. The fourth-order valence-electron chi connectivity index (χ4n) is 2.25. The summed E-state index contributed by atoms with van der Waals surface area (Å²) < 4.78 is 5.33. The average molecular weight is 324 g/mol. The lowest BCUT2D eigenvalue weighted by atomic mass is 10.0. The second-order valence-corrected chi connectivity index (χ2v) is 5.09. The van der Waals surface area contributed by atoms with E-state index in [1.165, 1.54) is 0 Å². The van der Waals surface area contributed by atoms with Crippen LogP contribution in [0.5, 0.6) is 5.75 Å². The van der Waals surface area contributed by atoms with Crippen molar-refractivity contribution in [3.05, 3.63) is 60.2 Å². The third-order valence-corrected chi connectivity index (χ3v) is 3.34. The summed E-state index contributed by atoms with van der Waals surface area (Å²) >= 11 is 0. The Bertz CT molecular complexity index is 695. The van der Waals surface area contributed by atoms with E-state index < -0.39 is 0 Å². The highest BCUT2D eigenvalue weighted by Gasteiger charge is 2.14. The molecule has 2 aromatic rings. The van der Waals surface area contributed by atoms with Gasteiger partial charge in [0.1, 0.15) is 12.4 Å². The Kier molecular flexibility index (Phi) is 6.69. The van der Waals surface area contributed by atoms with Crippen LogP contribution in [-0.4, -0.2) is 24.4 Å². The number of benzene rings is 2. The van der Waals surface area contributed by atoms with Crippen molar-refractivity contribution in [3.8, 4) is 18.1 Å². The SMILES string of the molecule is C#CCOc1cccc(NC(=O)N[C@H](CCO)c2ccccc2)c1. The van der Waals surface area contributed by atoms with Crippen LogP contribution >= 0.6 is 0 Å². The van der Waals surface area contributed by atoms with Crippen molar-refractivity contribution in [1.82, 2.24) is 5.32 Å². The predicted octanol–water partition coefficient (Wildman–Crippen LogP) is 2.94. The van der Waals surface area contributed by atoms with Gasteiger partial charge in [-0.3, -0.25) is 0 Å². The van der Waals surface area contributed by atoms with E-state index >= 15 is 0 Å². The van der Waals surface area contributed by atoms with E-state index in [9.17, 15) is 9.90 Å². The maximum atomic E-state index is 12.2. The molecule has 0 fully saturated rings. The minimum atomic E-state index is -0.355. The van der Waals surface area contributed by atoms with Gasteiger partial charge in [-0.2, -0.15) is 0 Å². The van der Waals surface area contributed by atoms with Gasteiger partial charge >= 0.3 is 6.03 Å². The highest BCUT2D eigenvalue weighted by Crippen LogP contribution is 2.19. The van der Waals surface area contributed by atoms with Gasteiger partial charge in [0.2, 0.25) is 0 Å². The molecule has 1 atom stereocenters. The maximum Gasteiger partial charge on any atom is 0.319 e. The monoisotopic (exact) mass is 324 g/mol. The molecule has 0 unspecified atom stereocenters. The van der Waals surface area contributed by atoms with E-state index in [4.69, 9.17) is 11.2 Å². The first-order chi connectivity index (χ1) is 11.7. The summed E-state index contributed by atoms with van der Waals surface area (Å²) in [7, 11) is 0. The summed E-state index contributed by atoms with van der Waals surface area (Å²) in [6, 6.07) is 15.9. The second-order valence-electron chi connectivity index (χ2n) is 5.09. The highest BCUT2D eigenvalue weighted by atomic mass is 16.5. The van der Waals surface area contributed by atoms with Crippen molar-refractivity contribution in [2.75, 3.05) is 18.5 Å². The molecule has 0 aliphatic rings. The van der Waals surface area contributed by atoms with Crippen LogP contribution in [0.1, 0.15) is 18.0 Å². The molecule has 2 amide bonds. The molecule has 3 N–H and O–H groups in total. The molecule has 5 heteroatoms. The Labute approximate surface area is 141 Å². The van der Waals surface area contributed by atoms with E-state index in [0.717, 1.165) is 5.56 Å². The molecule has 0 saturated carbocycles. The number of carbonyl (C=O) groups is 1. The van der Waals surface area contributed by atoms with Gasteiger partial charge in [0.25, 0.3) is 0 Å². The highest BCUT2D eigenvalue weighted by molar-refractivity contribution is 5.89. The van der Waals surface area contributed by atoms with Crippen LogP contribution < -0.4 is 15.4 Å². The van der Waals surface area contributed by atoms with Gasteiger partial charge in [-0.25, -0.2) is 4.79 Å². The second kappa shape index (κ2) is 9.23. The molecule has 0 radical (unpaired) electrons. The summed E-state index contributed by atoms with van der Waals surface area (Å²) in [5.41, 5.74) is 1.53. The van der Waals surface area contributed by atoms with E-state index in [1.54, 1.807) is 24.3 Å². The maximum absolute atomic E-state index is 12.2. The molecule has 0 aromatic heterocycles. The van der Waals surface area contributed by atoms with Crippen molar-refractivity contribution < 1.29 is 14.6 Å². The van der Waals surface area contributed by atoms with Crippen LogP contribution in [0.4, 0.5) is 10.5 Å². The number of hydrogen-bond donors (Lipinski definition) is 3. The minimum absolute atomic E-state index is 0.0186. The van der Waals surface area contributed by atoms with Gasteiger partial charge in [-0.1, -0.05) is 42.3 Å². The molecule has 2 aromatic carbocycles. The third kappa shape index (κ3) is 5.34. The van der Waals surface area contributed by atoms with Gasteiger partial charge in [0.05, 0.1) is 6.04 Å². The molecule has 0 saturated heterocycles. The summed E-state index contributed by atoms with van der Waals surface area (Å²) in [5, 5.41) is 14.8. The van der Waals surface area contributed by atoms with Crippen LogP contribution in [0, 0.1) is 12.3 Å². The number of terminal acetylenes is 1. The molecule has 0 aliphatic carbocycles. The molecule has 124 valence electrons. The first-order valence-corrected chi connectivity index (χ1v) is 7.62. The zero-order valence-electron chi connectivity index (χ0n) is 13.2. The molecule has 5 nitrogen and oxygen atoms in total. The van der Waals surface area contributed by atoms with E-state index in [1.807, 2.05) is 30.3 Å². The van der Waals surface area contributed by atoms with E-state index in [0.29, 0.717) is 17.9 Å². The zero-order chi connectivity index (χ0) is 17.2. The molecule has 24 heavy (non-hydrogen) atoms. The van der Waals surface area contributed by atoms with Crippen LogP contribution in [-0.2, 0) is 0 Å². The third-order valence-electron chi connectivity index (χ3n) is 3.34. The Morgan fingerprint density at radius 3 is 2.71 bits per heavy atom. The largest absolute Gasteiger partial charge is 0.481 e. The number of amides is 2. The molecule has 0 spiro atoms. The lowest BCUT2D eigenvalue weighted by Crippen LogP contribution is -2.33. The number of nitrogens with one attached hydrogen (secondary N) is 2. The van der Waals surface area contributed by atoms with Crippen molar-refractivity contribution in [2.24, 2.45) is 0 Å². The number of ether oxygens (including phenoxy) is 1. The standard InChI is InChI=1S/C19H20N2O3/c1-2-13-24-17-10-6-9-16(14-17)20-19(23)21-18(11-12-22)15-7-4-3-5-8-15/h1,3-10,14,18,22H,11-13H2,(H2,20,21,23)/t18-/m1/s1. The predicted molar refractivity (Wildman–Crippen MR) is 93.8 cm³/mol. The van der Waals surface area contributed by atoms with Gasteiger partial charge in [0.15, 0.2) is 0 Å². The Morgan fingerprint density at radius 2 is 2.00 bits per heavy atom. The van der Waals surface area contributed by atoms with Gasteiger partial charge in [0, 0.05) is 18.4 Å². The lowest BCUT2D eigenvalue weighted by molar-refractivity contribution is 0.239. The molecular formula is C19H20N2O3. The van der Waals surface area contributed by atoms with E-state index in [2.05, 4.69) is 16.6 Å². The van der Waals surface area contributed by atoms with Crippen LogP contribution in [0.15, 0.2) is 54.6 Å². The minimum Gasteiger partial charge on any atom is -0.481 e. The number of anilines is 1. The molecular weight excluding hydrogens is 304 g/mol. The van der Waals surface area contributed by atoms with Crippen LogP contribution in [0.3, 0.4) is 0 Å². The summed E-state index contributed by atoms with van der Waals surface area (Å²) in [6.45, 7) is 0.150. The number of urea groups is 1. The molecule has 0 heterocycles.